The van der Waals surface area contributed by atoms with Crippen LogP contribution in [0.5, 0.6) is 0 Å². The van der Waals surface area contributed by atoms with Crippen molar-refractivity contribution >= 4 is 28.3 Å². The summed E-state index contributed by atoms with van der Waals surface area (Å²) in [4.78, 5) is 40.0. The van der Waals surface area contributed by atoms with Crippen molar-refractivity contribution in [1.82, 2.24) is 28.7 Å². The van der Waals surface area contributed by atoms with Gasteiger partial charge in [-0.25, -0.2) is 19.6 Å². The third-order valence-corrected chi connectivity index (χ3v) is 5.88. The highest BCUT2D eigenvalue weighted by atomic mass is 16.6. The molecule has 1 aliphatic carbocycles. The van der Waals surface area contributed by atoms with Crippen molar-refractivity contribution < 1.29 is 14.6 Å². The number of carbonyl (C=O) groups is 1. The van der Waals surface area contributed by atoms with Crippen molar-refractivity contribution in [2.75, 3.05) is 0 Å². The molecule has 172 valence electrons. The summed E-state index contributed by atoms with van der Waals surface area (Å²) in [5.41, 5.74) is 0.992. The highest BCUT2D eigenvalue weighted by molar-refractivity contribution is 5.85. The Labute approximate surface area is 189 Å². The Morgan fingerprint density at radius 2 is 1.82 bits per heavy atom. The zero-order valence-corrected chi connectivity index (χ0v) is 18.8. The van der Waals surface area contributed by atoms with E-state index in [2.05, 4.69) is 9.97 Å². The molecule has 1 N–H and O–H groups in total. The Morgan fingerprint density at radius 3 is 2.55 bits per heavy atom. The largest absolute Gasteiger partial charge is 0.443 e. The molecule has 4 aromatic rings. The van der Waals surface area contributed by atoms with Crippen LogP contribution in [0.3, 0.4) is 0 Å². The normalized spacial score (nSPS) is 19.3. The number of aliphatic hydroxyl groups excluding tert-OH is 1. The number of hydrogen-bond donors (Lipinski definition) is 1. The van der Waals surface area contributed by atoms with E-state index in [1.54, 1.807) is 36.2 Å². The lowest BCUT2D eigenvalue weighted by atomic mass is 9.93. The minimum absolute atomic E-state index is 0.186. The first kappa shape index (κ1) is 21.3. The molecule has 0 radical (unpaired) electrons. The van der Waals surface area contributed by atoms with E-state index in [0.29, 0.717) is 37.3 Å². The lowest BCUT2D eigenvalue weighted by Gasteiger charge is -2.26. The van der Waals surface area contributed by atoms with Gasteiger partial charge in [-0.1, -0.05) is 12.1 Å². The van der Waals surface area contributed by atoms with Crippen molar-refractivity contribution in [3.63, 3.8) is 0 Å². The highest BCUT2D eigenvalue weighted by Crippen LogP contribution is 2.30. The molecule has 33 heavy (non-hydrogen) atoms. The first-order valence-electron chi connectivity index (χ1n) is 11.1. The molecule has 1 aliphatic rings. The summed E-state index contributed by atoms with van der Waals surface area (Å²) < 4.78 is 9.79. The Bertz CT molecular complexity index is 1400. The molecular weight excluding hydrogens is 424 g/mol. The zero-order chi connectivity index (χ0) is 23.3. The predicted molar refractivity (Wildman–Crippen MR) is 122 cm³/mol. The molecule has 0 atom stereocenters. The van der Waals surface area contributed by atoms with Gasteiger partial charge in [0.15, 0.2) is 5.65 Å². The fraction of sp³-hybridized carbons (Fsp3) is 0.435. The summed E-state index contributed by atoms with van der Waals surface area (Å²) in [6.07, 6.45) is 4.36. The maximum atomic E-state index is 13.5. The van der Waals surface area contributed by atoms with Crippen LogP contribution in [0.15, 0.2) is 41.6 Å². The van der Waals surface area contributed by atoms with Gasteiger partial charge in [-0.05, 0) is 58.6 Å². The molecule has 1 saturated carbocycles. The second kappa shape index (κ2) is 7.80. The Balaban J connectivity index is 1.70. The monoisotopic (exact) mass is 450 g/mol. The van der Waals surface area contributed by atoms with Crippen LogP contribution in [-0.4, -0.2) is 51.6 Å². The Hall–Kier alpha value is -3.53. The maximum absolute atomic E-state index is 13.5. The number of para-hydroxylation sites is 2. The number of nitrogens with zero attached hydrogens (tertiary/aromatic N) is 6. The number of imidazole rings is 2. The van der Waals surface area contributed by atoms with Gasteiger partial charge in [-0.15, -0.1) is 0 Å². The standard InChI is InChI=1S/C23H26N6O4/c1-23(2,3)33-22(32)29-18-12-24-20(27-13-25-16-6-4-5-7-17(16)27)26-19(18)28(21(29)31)14-8-10-15(30)11-9-14/h4-7,12-15,30H,8-11H2,1-3H3. The Morgan fingerprint density at radius 1 is 1.09 bits per heavy atom. The van der Waals surface area contributed by atoms with Gasteiger partial charge in [0.1, 0.15) is 17.4 Å². The van der Waals surface area contributed by atoms with Crippen LogP contribution in [0.1, 0.15) is 52.5 Å². The fourth-order valence-corrected chi connectivity index (χ4v) is 4.36. The van der Waals surface area contributed by atoms with E-state index in [4.69, 9.17) is 9.72 Å². The molecule has 0 bridgehead atoms. The van der Waals surface area contributed by atoms with Crippen molar-refractivity contribution in [3.8, 4) is 5.95 Å². The van der Waals surface area contributed by atoms with Crippen molar-refractivity contribution in [1.29, 1.82) is 0 Å². The van der Waals surface area contributed by atoms with Crippen LogP contribution in [0.4, 0.5) is 4.79 Å². The molecule has 0 unspecified atom stereocenters. The molecule has 0 aliphatic heterocycles. The number of aromatic nitrogens is 6. The maximum Gasteiger partial charge on any atom is 0.423 e. The van der Waals surface area contributed by atoms with Crippen molar-refractivity contribution in [2.24, 2.45) is 0 Å². The molecule has 3 aromatic heterocycles. The van der Waals surface area contributed by atoms with Crippen LogP contribution in [-0.2, 0) is 4.74 Å². The molecular formula is C23H26N6O4. The second-order valence-corrected chi connectivity index (χ2v) is 9.41. The summed E-state index contributed by atoms with van der Waals surface area (Å²) in [5.74, 6) is 0.349. The summed E-state index contributed by atoms with van der Waals surface area (Å²) in [7, 11) is 0. The van der Waals surface area contributed by atoms with E-state index in [1.807, 2.05) is 24.3 Å². The average molecular weight is 450 g/mol. The number of fused-ring (bicyclic) bond motifs is 2. The topological polar surface area (TPSA) is 117 Å². The number of aliphatic hydroxyl groups is 1. The summed E-state index contributed by atoms with van der Waals surface area (Å²) >= 11 is 0. The molecule has 10 nitrogen and oxygen atoms in total. The van der Waals surface area contributed by atoms with Gasteiger partial charge < -0.3 is 9.84 Å². The predicted octanol–water partition coefficient (Wildman–Crippen LogP) is 3.19. The smallest absolute Gasteiger partial charge is 0.423 e. The summed E-state index contributed by atoms with van der Waals surface area (Å²) in [5, 5.41) is 9.94. The first-order valence-corrected chi connectivity index (χ1v) is 11.1. The van der Waals surface area contributed by atoms with E-state index in [1.165, 1.54) is 6.20 Å². The van der Waals surface area contributed by atoms with Gasteiger partial charge >= 0.3 is 11.8 Å². The molecule has 0 spiro atoms. The minimum atomic E-state index is -0.767. The van der Waals surface area contributed by atoms with Gasteiger partial charge in [-0.3, -0.25) is 9.13 Å². The lowest BCUT2D eigenvalue weighted by Crippen LogP contribution is -2.36. The Kier molecular flexibility index (Phi) is 5.04. The highest BCUT2D eigenvalue weighted by Gasteiger charge is 2.30. The first-order chi connectivity index (χ1) is 15.7. The number of ether oxygens (including phenoxy) is 1. The van der Waals surface area contributed by atoms with Crippen molar-refractivity contribution in [3.05, 3.63) is 47.3 Å². The fourth-order valence-electron chi connectivity index (χ4n) is 4.36. The van der Waals surface area contributed by atoms with Gasteiger partial charge in [0, 0.05) is 6.04 Å². The van der Waals surface area contributed by atoms with Crippen molar-refractivity contribution in [2.45, 2.75) is 64.2 Å². The number of benzene rings is 1. The minimum Gasteiger partial charge on any atom is -0.443 e. The molecule has 1 fully saturated rings. The van der Waals surface area contributed by atoms with Gasteiger partial charge in [0.05, 0.1) is 23.3 Å². The van der Waals surface area contributed by atoms with E-state index in [0.717, 1.165) is 15.6 Å². The molecule has 1 aromatic carbocycles. The third kappa shape index (κ3) is 3.80. The average Bonchev–Trinajstić information content (AvgIpc) is 3.31. The lowest BCUT2D eigenvalue weighted by molar-refractivity contribution is 0.0534. The number of carbonyl (C=O) groups excluding carboxylic acids is 1. The SMILES string of the molecule is CC(C)(C)OC(=O)n1c(=O)n(C2CCC(O)CC2)c2nc(-n3cnc4ccccc43)ncc21. The van der Waals surface area contributed by atoms with Gasteiger partial charge in [0.25, 0.3) is 0 Å². The van der Waals surface area contributed by atoms with E-state index < -0.39 is 17.4 Å². The molecule has 0 saturated heterocycles. The number of hydrogen-bond acceptors (Lipinski definition) is 7. The van der Waals surface area contributed by atoms with Crippen LogP contribution < -0.4 is 5.69 Å². The quantitative estimate of drug-likeness (QED) is 0.498. The van der Waals surface area contributed by atoms with E-state index >= 15 is 0 Å². The van der Waals surface area contributed by atoms with Crippen LogP contribution >= 0.6 is 0 Å². The van der Waals surface area contributed by atoms with E-state index in [-0.39, 0.29) is 17.7 Å². The van der Waals surface area contributed by atoms with Crippen LogP contribution in [0.2, 0.25) is 0 Å². The molecule has 3 heterocycles. The number of rotatable bonds is 2. The molecule has 5 rings (SSSR count). The molecule has 0 amide bonds. The summed E-state index contributed by atoms with van der Waals surface area (Å²) in [6, 6.07) is 7.43. The zero-order valence-electron chi connectivity index (χ0n) is 18.8. The third-order valence-electron chi connectivity index (χ3n) is 5.88. The second-order valence-electron chi connectivity index (χ2n) is 9.41. The summed E-state index contributed by atoms with van der Waals surface area (Å²) in [6.45, 7) is 5.24. The van der Waals surface area contributed by atoms with Gasteiger partial charge in [0.2, 0.25) is 5.95 Å². The van der Waals surface area contributed by atoms with Crippen LogP contribution in [0.25, 0.3) is 28.1 Å². The van der Waals surface area contributed by atoms with Gasteiger partial charge in [-0.2, -0.15) is 9.55 Å². The molecule has 10 heteroatoms. The van der Waals surface area contributed by atoms with Crippen LogP contribution in [0, 0.1) is 0 Å². The van der Waals surface area contributed by atoms with E-state index in [9.17, 15) is 14.7 Å².